The summed E-state index contributed by atoms with van der Waals surface area (Å²) in [7, 11) is 0. The molecule has 16 heavy (non-hydrogen) atoms. The molecular weight excluding hydrogens is 212 g/mol. The molecule has 1 fully saturated rings. The van der Waals surface area contributed by atoms with Crippen molar-refractivity contribution >= 4 is 11.9 Å². The number of carboxylic acids is 2. The lowest BCUT2D eigenvalue weighted by atomic mass is 9.73. The van der Waals surface area contributed by atoms with Crippen LogP contribution in [0.15, 0.2) is 11.6 Å². The smallest absolute Gasteiger partial charge is 0.333 e. The maximum Gasteiger partial charge on any atom is 0.333 e. The topological polar surface area (TPSA) is 127 Å². The van der Waals surface area contributed by atoms with Crippen molar-refractivity contribution in [3.8, 4) is 0 Å². The first-order chi connectivity index (χ1) is 7.38. The molecule has 6 heteroatoms. The van der Waals surface area contributed by atoms with E-state index in [1.807, 2.05) is 0 Å². The Kier molecular flexibility index (Phi) is 3.66. The van der Waals surface area contributed by atoms with Crippen LogP contribution in [-0.4, -0.2) is 33.7 Å². The first-order valence-electron chi connectivity index (χ1n) is 5.11. The first-order valence-corrected chi connectivity index (χ1v) is 5.11. The molecule has 0 aromatic rings. The SMILES string of the molecule is NC1CCCCC1(N)/C(=C/C(=O)O)C(=O)O. The third kappa shape index (κ3) is 2.40. The molecule has 0 heterocycles. The maximum atomic E-state index is 11.0. The van der Waals surface area contributed by atoms with Crippen LogP contribution in [0.5, 0.6) is 0 Å². The Hall–Kier alpha value is -1.40. The largest absolute Gasteiger partial charge is 0.478 e. The Labute approximate surface area is 92.9 Å². The van der Waals surface area contributed by atoms with E-state index in [0.717, 1.165) is 12.8 Å². The Bertz CT molecular complexity index is 340. The lowest BCUT2D eigenvalue weighted by Crippen LogP contribution is -2.59. The van der Waals surface area contributed by atoms with E-state index in [1.54, 1.807) is 0 Å². The maximum absolute atomic E-state index is 11.0. The normalized spacial score (nSPS) is 31.1. The Morgan fingerprint density at radius 3 is 2.38 bits per heavy atom. The molecule has 0 aliphatic heterocycles. The van der Waals surface area contributed by atoms with Gasteiger partial charge in [0.25, 0.3) is 0 Å². The van der Waals surface area contributed by atoms with Crippen LogP contribution in [0, 0.1) is 0 Å². The summed E-state index contributed by atoms with van der Waals surface area (Å²) >= 11 is 0. The highest BCUT2D eigenvalue weighted by molar-refractivity contribution is 5.96. The second-order valence-electron chi connectivity index (χ2n) is 4.09. The van der Waals surface area contributed by atoms with E-state index < -0.39 is 23.5 Å². The molecule has 0 bridgehead atoms. The molecule has 90 valence electrons. The summed E-state index contributed by atoms with van der Waals surface area (Å²) in [4.78, 5) is 21.6. The summed E-state index contributed by atoms with van der Waals surface area (Å²) in [6.45, 7) is 0. The van der Waals surface area contributed by atoms with Gasteiger partial charge in [0, 0.05) is 12.1 Å². The molecule has 6 nitrogen and oxygen atoms in total. The quantitative estimate of drug-likeness (QED) is 0.490. The molecule has 0 amide bonds. The minimum absolute atomic E-state index is 0.313. The van der Waals surface area contributed by atoms with Crippen LogP contribution < -0.4 is 11.5 Å². The minimum Gasteiger partial charge on any atom is -0.478 e. The fourth-order valence-corrected chi connectivity index (χ4v) is 2.08. The van der Waals surface area contributed by atoms with Crippen molar-refractivity contribution in [3.63, 3.8) is 0 Å². The van der Waals surface area contributed by atoms with Crippen LogP contribution >= 0.6 is 0 Å². The second kappa shape index (κ2) is 4.63. The van der Waals surface area contributed by atoms with Crippen LogP contribution in [0.2, 0.25) is 0 Å². The summed E-state index contributed by atoms with van der Waals surface area (Å²) in [5.41, 5.74) is 10.2. The highest BCUT2D eigenvalue weighted by Gasteiger charge is 2.41. The van der Waals surface area contributed by atoms with E-state index in [0.29, 0.717) is 18.9 Å². The zero-order valence-corrected chi connectivity index (χ0v) is 8.85. The predicted molar refractivity (Wildman–Crippen MR) is 56.7 cm³/mol. The van der Waals surface area contributed by atoms with Crippen LogP contribution in [0.4, 0.5) is 0 Å². The third-order valence-electron chi connectivity index (χ3n) is 3.02. The van der Waals surface area contributed by atoms with E-state index in [1.165, 1.54) is 0 Å². The van der Waals surface area contributed by atoms with Gasteiger partial charge in [0.2, 0.25) is 0 Å². The van der Waals surface area contributed by atoms with Crippen LogP contribution in [-0.2, 0) is 9.59 Å². The third-order valence-corrected chi connectivity index (χ3v) is 3.02. The lowest BCUT2D eigenvalue weighted by molar-refractivity contribution is -0.136. The van der Waals surface area contributed by atoms with Gasteiger partial charge < -0.3 is 21.7 Å². The molecule has 6 N–H and O–H groups in total. The first kappa shape index (κ1) is 12.7. The average molecular weight is 228 g/mol. The number of carboxylic acid groups (broad SMARTS) is 2. The number of aliphatic carboxylic acids is 2. The summed E-state index contributed by atoms with van der Waals surface area (Å²) < 4.78 is 0. The van der Waals surface area contributed by atoms with E-state index in [9.17, 15) is 9.59 Å². The molecule has 1 rings (SSSR count). The van der Waals surface area contributed by atoms with E-state index in [-0.39, 0.29) is 5.57 Å². The van der Waals surface area contributed by atoms with Crippen molar-refractivity contribution in [1.29, 1.82) is 0 Å². The van der Waals surface area contributed by atoms with E-state index >= 15 is 0 Å². The number of hydrogen-bond donors (Lipinski definition) is 4. The zero-order chi connectivity index (χ0) is 12.3. The number of nitrogens with two attached hydrogens (primary N) is 2. The predicted octanol–water partition coefficient (Wildman–Crippen LogP) is -0.319. The van der Waals surface area contributed by atoms with Gasteiger partial charge >= 0.3 is 11.9 Å². The molecule has 0 aromatic carbocycles. The summed E-state index contributed by atoms with van der Waals surface area (Å²) in [6.07, 6.45) is 3.31. The van der Waals surface area contributed by atoms with Crippen molar-refractivity contribution in [2.75, 3.05) is 0 Å². The highest BCUT2D eigenvalue weighted by atomic mass is 16.4. The van der Waals surface area contributed by atoms with Crippen molar-refractivity contribution < 1.29 is 19.8 Å². The fourth-order valence-electron chi connectivity index (χ4n) is 2.08. The van der Waals surface area contributed by atoms with Crippen molar-refractivity contribution in [2.45, 2.75) is 37.3 Å². The van der Waals surface area contributed by atoms with Gasteiger partial charge in [-0.1, -0.05) is 12.8 Å². The van der Waals surface area contributed by atoms with Gasteiger partial charge in [0.15, 0.2) is 0 Å². The molecule has 1 aliphatic carbocycles. The lowest BCUT2D eigenvalue weighted by Gasteiger charge is -2.39. The van der Waals surface area contributed by atoms with Crippen LogP contribution in [0.1, 0.15) is 25.7 Å². The molecule has 1 saturated carbocycles. The van der Waals surface area contributed by atoms with Gasteiger partial charge in [-0.25, -0.2) is 9.59 Å². The van der Waals surface area contributed by atoms with Gasteiger partial charge in [-0.2, -0.15) is 0 Å². The minimum atomic E-state index is -1.32. The van der Waals surface area contributed by atoms with Crippen molar-refractivity contribution in [3.05, 3.63) is 11.6 Å². The Morgan fingerprint density at radius 2 is 1.94 bits per heavy atom. The van der Waals surface area contributed by atoms with E-state index in [4.69, 9.17) is 21.7 Å². The molecule has 1 aliphatic rings. The molecule has 0 saturated heterocycles. The highest BCUT2D eigenvalue weighted by Crippen LogP contribution is 2.31. The average Bonchev–Trinajstić information content (AvgIpc) is 2.18. The van der Waals surface area contributed by atoms with Crippen molar-refractivity contribution in [2.24, 2.45) is 11.5 Å². The molecule has 2 atom stereocenters. The number of hydrogen-bond acceptors (Lipinski definition) is 4. The van der Waals surface area contributed by atoms with Gasteiger partial charge in [-0.05, 0) is 12.8 Å². The Morgan fingerprint density at radius 1 is 1.31 bits per heavy atom. The Balaban J connectivity index is 3.09. The van der Waals surface area contributed by atoms with Gasteiger partial charge in [-0.3, -0.25) is 0 Å². The standard InChI is InChI=1S/C10H16N2O4/c11-7-3-1-2-4-10(7,12)6(9(15)16)5-8(13)14/h5,7H,1-4,11-12H2,(H,13,14)(H,15,16)/b6-5+. The fraction of sp³-hybridized carbons (Fsp3) is 0.600. The number of rotatable bonds is 3. The molecule has 0 radical (unpaired) electrons. The van der Waals surface area contributed by atoms with Gasteiger partial charge in [0.1, 0.15) is 0 Å². The van der Waals surface area contributed by atoms with E-state index in [2.05, 4.69) is 0 Å². The summed E-state index contributed by atoms with van der Waals surface area (Å²) in [5.74, 6) is -2.64. The van der Waals surface area contributed by atoms with Gasteiger partial charge in [0.05, 0.1) is 11.1 Å². The molecule has 0 spiro atoms. The van der Waals surface area contributed by atoms with Gasteiger partial charge in [-0.15, -0.1) is 0 Å². The van der Waals surface area contributed by atoms with Crippen molar-refractivity contribution in [1.82, 2.24) is 0 Å². The number of carbonyl (C=O) groups is 2. The molecule has 2 unspecified atom stereocenters. The second-order valence-corrected chi connectivity index (χ2v) is 4.09. The summed E-state index contributed by atoms with van der Waals surface area (Å²) in [6, 6.07) is -0.511. The zero-order valence-electron chi connectivity index (χ0n) is 8.85. The van der Waals surface area contributed by atoms with Crippen LogP contribution in [0.3, 0.4) is 0 Å². The molecular formula is C10H16N2O4. The summed E-state index contributed by atoms with van der Waals surface area (Å²) in [5, 5.41) is 17.6. The monoisotopic (exact) mass is 228 g/mol. The molecule has 0 aromatic heterocycles. The van der Waals surface area contributed by atoms with Crippen LogP contribution in [0.25, 0.3) is 0 Å².